The summed E-state index contributed by atoms with van der Waals surface area (Å²) >= 11 is 0. The van der Waals surface area contributed by atoms with Crippen molar-refractivity contribution < 1.29 is 14.3 Å². The van der Waals surface area contributed by atoms with Crippen LogP contribution in [0.5, 0.6) is 5.88 Å². The van der Waals surface area contributed by atoms with Crippen LogP contribution in [-0.2, 0) is 9.53 Å². The second kappa shape index (κ2) is 7.09. The molecule has 5 nitrogen and oxygen atoms in total. The fraction of sp³-hybridized carbons (Fsp3) is 0.647. The van der Waals surface area contributed by atoms with E-state index in [4.69, 9.17) is 9.47 Å². The molecule has 0 aromatic carbocycles. The van der Waals surface area contributed by atoms with Crippen molar-refractivity contribution in [2.45, 2.75) is 52.1 Å². The van der Waals surface area contributed by atoms with Gasteiger partial charge in [-0.05, 0) is 45.1 Å². The van der Waals surface area contributed by atoms with Crippen molar-refractivity contribution in [1.82, 2.24) is 4.98 Å². The SMILES string of the molecule is CCO[C@@]1(C(=O)Nc2cnc(OC)c(C)c2)CCC[C@@H](C)C1. The highest BCUT2D eigenvalue weighted by Gasteiger charge is 2.42. The molecule has 1 aliphatic rings. The number of hydrogen-bond donors (Lipinski definition) is 1. The zero-order valence-corrected chi connectivity index (χ0v) is 13.9. The van der Waals surface area contributed by atoms with Crippen LogP contribution in [0.3, 0.4) is 0 Å². The Labute approximate surface area is 132 Å². The van der Waals surface area contributed by atoms with Crippen LogP contribution in [-0.4, -0.2) is 30.2 Å². The first-order valence-electron chi connectivity index (χ1n) is 7.97. The molecule has 1 heterocycles. The van der Waals surface area contributed by atoms with Gasteiger partial charge in [0.05, 0.1) is 19.0 Å². The summed E-state index contributed by atoms with van der Waals surface area (Å²) in [5.41, 5.74) is 0.864. The average molecular weight is 306 g/mol. The molecular weight excluding hydrogens is 280 g/mol. The first kappa shape index (κ1) is 16.7. The zero-order chi connectivity index (χ0) is 16.2. The smallest absolute Gasteiger partial charge is 0.256 e. The molecule has 1 aromatic heterocycles. The Hall–Kier alpha value is -1.62. The minimum Gasteiger partial charge on any atom is -0.481 e. The summed E-state index contributed by atoms with van der Waals surface area (Å²) in [6.45, 7) is 6.56. The molecule has 2 rings (SSSR count). The van der Waals surface area contributed by atoms with E-state index in [1.807, 2.05) is 19.9 Å². The zero-order valence-electron chi connectivity index (χ0n) is 13.9. The van der Waals surface area contributed by atoms with Crippen molar-refractivity contribution in [3.05, 3.63) is 17.8 Å². The maximum absolute atomic E-state index is 12.8. The largest absolute Gasteiger partial charge is 0.481 e. The Morgan fingerprint density at radius 2 is 2.32 bits per heavy atom. The highest BCUT2D eigenvalue weighted by atomic mass is 16.5. The van der Waals surface area contributed by atoms with Gasteiger partial charge in [0.25, 0.3) is 5.91 Å². The van der Waals surface area contributed by atoms with Crippen LogP contribution in [0.25, 0.3) is 0 Å². The second-order valence-corrected chi connectivity index (χ2v) is 6.13. The first-order chi connectivity index (χ1) is 10.5. The van der Waals surface area contributed by atoms with E-state index in [9.17, 15) is 4.79 Å². The molecule has 0 spiro atoms. The van der Waals surface area contributed by atoms with Gasteiger partial charge in [0.1, 0.15) is 5.60 Å². The molecule has 0 saturated heterocycles. The second-order valence-electron chi connectivity index (χ2n) is 6.13. The van der Waals surface area contributed by atoms with E-state index in [0.29, 0.717) is 24.1 Å². The molecule has 1 amide bonds. The van der Waals surface area contributed by atoms with Crippen LogP contribution in [0, 0.1) is 12.8 Å². The molecule has 1 aromatic rings. The van der Waals surface area contributed by atoms with E-state index in [-0.39, 0.29) is 5.91 Å². The van der Waals surface area contributed by atoms with E-state index in [0.717, 1.165) is 31.2 Å². The van der Waals surface area contributed by atoms with Gasteiger partial charge in [-0.25, -0.2) is 4.98 Å². The van der Waals surface area contributed by atoms with E-state index in [1.54, 1.807) is 13.3 Å². The number of nitrogens with zero attached hydrogens (tertiary/aromatic N) is 1. The molecule has 0 radical (unpaired) electrons. The predicted octanol–water partition coefficient (Wildman–Crippen LogP) is 3.32. The summed E-state index contributed by atoms with van der Waals surface area (Å²) in [6, 6.07) is 1.87. The number of pyridine rings is 1. The number of hydrogen-bond acceptors (Lipinski definition) is 4. The fourth-order valence-corrected chi connectivity index (χ4v) is 3.27. The highest BCUT2D eigenvalue weighted by Crippen LogP contribution is 2.36. The number of carbonyl (C=O) groups is 1. The first-order valence-corrected chi connectivity index (χ1v) is 7.97. The van der Waals surface area contributed by atoms with Gasteiger partial charge in [0.2, 0.25) is 5.88 Å². The standard InChI is InChI=1S/C17H26N2O3/c1-5-22-17(8-6-7-12(2)10-17)16(20)19-14-9-13(3)15(21-4)18-11-14/h9,11-12H,5-8,10H2,1-4H3,(H,19,20)/t12-,17+/m1/s1. The van der Waals surface area contributed by atoms with Crippen molar-refractivity contribution >= 4 is 11.6 Å². The quantitative estimate of drug-likeness (QED) is 0.906. The number of methoxy groups -OCH3 is 1. The van der Waals surface area contributed by atoms with Crippen molar-refractivity contribution in [3.63, 3.8) is 0 Å². The van der Waals surface area contributed by atoms with Gasteiger partial charge >= 0.3 is 0 Å². The summed E-state index contributed by atoms with van der Waals surface area (Å²) in [5.74, 6) is 1.01. The number of rotatable bonds is 5. The monoisotopic (exact) mass is 306 g/mol. The number of carbonyl (C=O) groups excluding carboxylic acids is 1. The summed E-state index contributed by atoms with van der Waals surface area (Å²) in [6.07, 6.45) is 5.35. The van der Waals surface area contributed by atoms with Gasteiger partial charge < -0.3 is 14.8 Å². The van der Waals surface area contributed by atoms with Gasteiger partial charge in [0, 0.05) is 12.2 Å². The molecule has 1 N–H and O–H groups in total. The van der Waals surface area contributed by atoms with Crippen LogP contribution < -0.4 is 10.1 Å². The highest BCUT2D eigenvalue weighted by molar-refractivity contribution is 5.97. The third-order valence-electron chi connectivity index (χ3n) is 4.27. The molecular formula is C17H26N2O3. The maximum Gasteiger partial charge on any atom is 0.256 e. The lowest BCUT2D eigenvalue weighted by Crippen LogP contribution is -2.48. The minimum absolute atomic E-state index is 0.0627. The molecule has 1 saturated carbocycles. The lowest BCUT2D eigenvalue weighted by atomic mass is 9.78. The van der Waals surface area contributed by atoms with Crippen LogP contribution in [0.4, 0.5) is 5.69 Å². The van der Waals surface area contributed by atoms with E-state index < -0.39 is 5.60 Å². The molecule has 0 unspecified atom stereocenters. The van der Waals surface area contributed by atoms with Gasteiger partial charge in [-0.1, -0.05) is 13.3 Å². The summed E-state index contributed by atoms with van der Waals surface area (Å²) in [7, 11) is 1.58. The van der Waals surface area contributed by atoms with Crippen LogP contribution in [0.1, 0.15) is 45.1 Å². The van der Waals surface area contributed by atoms with Crippen LogP contribution in [0.15, 0.2) is 12.3 Å². The summed E-state index contributed by atoms with van der Waals surface area (Å²) in [5, 5.41) is 2.97. The van der Waals surface area contributed by atoms with Gasteiger partial charge in [-0.15, -0.1) is 0 Å². The number of ether oxygens (including phenoxy) is 2. The molecule has 0 aliphatic heterocycles. The number of aromatic nitrogens is 1. The van der Waals surface area contributed by atoms with Crippen molar-refractivity contribution in [2.24, 2.45) is 5.92 Å². The van der Waals surface area contributed by atoms with Crippen molar-refractivity contribution in [2.75, 3.05) is 19.0 Å². The maximum atomic E-state index is 12.8. The molecule has 2 atom stereocenters. The van der Waals surface area contributed by atoms with Crippen LogP contribution >= 0.6 is 0 Å². The summed E-state index contributed by atoms with van der Waals surface area (Å²) < 4.78 is 11.0. The number of anilines is 1. The fourth-order valence-electron chi connectivity index (χ4n) is 3.27. The average Bonchev–Trinajstić information content (AvgIpc) is 2.47. The molecule has 122 valence electrons. The molecule has 5 heteroatoms. The Morgan fingerprint density at radius 3 is 2.91 bits per heavy atom. The van der Waals surface area contributed by atoms with Crippen molar-refractivity contribution in [1.29, 1.82) is 0 Å². The summed E-state index contributed by atoms with van der Waals surface area (Å²) in [4.78, 5) is 17.0. The van der Waals surface area contributed by atoms with E-state index in [2.05, 4.69) is 17.2 Å². The van der Waals surface area contributed by atoms with Crippen LogP contribution in [0.2, 0.25) is 0 Å². The van der Waals surface area contributed by atoms with Gasteiger partial charge in [0.15, 0.2) is 0 Å². The lowest BCUT2D eigenvalue weighted by molar-refractivity contribution is -0.147. The van der Waals surface area contributed by atoms with E-state index in [1.165, 1.54) is 0 Å². The van der Waals surface area contributed by atoms with Crippen molar-refractivity contribution in [3.8, 4) is 5.88 Å². The number of nitrogens with one attached hydrogen (secondary N) is 1. The van der Waals surface area contributed by atoms with E-state index >= 15 is 0 Å². The normalized spacial score (nSPS) is 24.8. The molecule has 0 bridgehead atoms. The lowest BCUT2D eigenvalue weighted by Gasteiger charge is -2.38. The Morgan fingerprint density at radius 1 is 1.55 bits per heavy atom. The Bertz CT molecular complexity index is 529. The molecule has 22 heavy (non-hydrogen) atoms. The third kappa shape index (κ3) is 3.58. The Balaban J connectivity index is 2.16. The van der Waals surface area contributed by atoms with Gasteiger partial charge in [-0.3, -0.25) is 4.79 Å². The predicted molar refractivity (Wildman–Crippen MR) is 86.1 cm³/mol. The third-order valence-corrected chi connectivity index (χ3v) is 4.27. The molecule has 1 fully saturated rings. The number of aryl methyl sites for hydroxylation is 1. The van der Waals surface area contributed by atoms with Gasteiger partial charge in [-0.2, -0.15) is 0 Å². The molecule has 1 aliphatic carbocycles. The Kier molecular flexibility index (Phi) is 5.40. The number of amides is 1. The topological polar surface area (TPSA) is 60.5 Å². The minimum atomic E-state index is -0.708.